The Bertz CT molecular complexity index is 701. The average molecular weight is 269 g/mol. The van der Waals surface area contributed by atoms with Crippen molar-refractivity contribution in [1.82, 2.24) is 0 Å². The first-order valence-corrected chi connectivity index (χ1v) is 6.56. The third-order valence-corrected chi connectivity index (χ3v) is 3.46. The van der Waals surface area contributed by atoms with E-state index in [1.165, 1.54) is 5.39 Å². The van der Waals surface area contributed by atoms with Crippen LogP contribution in [0, 0.1) is 0 Å². The van der Waals surface area contributed by atoms with Crippen LogP contribution in [0.5, 0.6) is 5.75 Å². The van der Waals surface area contributed by atoms with Gasteiger partial charge in [-0.15, -0.1) is 0 Å². The lowest BCUT2D eigenvalue weighted by molar-refractivity contribution is 0.310. The molecule has 0 aliphatic heterocycles. The van der Waals surface area contributed by atoms with Crippen LogP contribution in [0.3, 0.4) is 0 Å². The lowest BCUT2D eigenvalue weighted by Gasteiger charge is -2.10. The third-order valence-electron chi connectivity index (χ3n) is 3.09. The monoisotopic (exact) mass is 268 g/mol. The highest BCUT2D eigenvalue weighted by Crippen LogP contribution is 2.26. The average Bonchev–Trinajstić information content (AvgIpc) is 2.46. The molecule has 19 heavy (non-hydrogen) atoms. The molecule has 0 fully saturated rings. The molecule has 0 unspecified atom stereocenters. The predicted molar refractivity (Wildman–Crippen MR) is 79.7 cm³/mol. The smallest absolute Gasteiger partial charge is 0.127 e. The minimum Gasteiger partial charge on any atom is -0.488 e. The van der Waals surface area contributed by atoms with Gasteiger partial charge in [0.2, 0.25) is 0 Å². The summed E-state index contributed by atoms with van der Waals surface area (Å²) in [7, 11) is 0. The van der Waals surface area contributed by atoms with Gasteiger partial charge in [0, 0.05) is 16.0 Å². The van der Waals surface area contributed by atoms with Gasteiger partial charge in [-0.2, -0.15) is 0 Å². The van der Waals surface area contributed by atoms with Gasteiger partial charge in [0.05, 0.1) is 0 Å². The Morgan fingerprint density at radius 2 is 1.53 bits per heavy atom. The first-order chi connectivity index (χ1) is 9.34. The zero-order valence-electron chi connectivity index (χ0n) is 10.3. The van der Waals surface area contributed by atoms with E-state index in [0.717, 1.165) is 21.7 Å². The van der Waals surface area contributed by atoms with Crippen molar-refractivity contribution < 1.29 is 4.74 Å². The molecule has 0 spiro atoms. The van der Waals surface area contributed by atoms with Crippen LogP contribution in [-0.4, -0.2) is 0 Å². The SMILES string of the molecule is Clc1ccccc1COc1cccc2ccccc12. The summed E-state index contributed by atoms with van der Waals surface area (Å²) in [5.41, 5.74) is 0.997. The van der Waals surface area contributed by atoms with Gasteiger partial charge in [0.15, 0.2) is 0 Å². The fourth-order valence-corrected chi connectivity index (χ4v) is 2.28. The topological polar surface area (TPSA) is 9.23 Å². The summed E-state index contributed by atoms with van der Waals surface area (Å²) in [6.07, 6.45) is 0. The number of fused-ring (bicyclic) bond motifs is 1. The highest BCUT2D eigenvalue weighted by atomic mass is 35.5. The van der Waals surface area contributed by atoms with Crippen molar-refractivity contribution >= 4 is 22.4 Å². The Kier molecular flexibility index (Phi) is 3.39. The fourth-order valence-electron chi connectivity index (χ4n) is 2.09. The molecule has 0 bridgehead atoms. The van der Waals surface area contributed by atoms with Crippen LogP contribution >= 0.6 is 11.6 Å². The van der Waals surface area contributed by atoms with E-state index in [0.29, 0.717) is 6.61 Å². The standard InChI is InChI=1S/C17H13ClO/c18-16-10-4-2-7-14(16)12-19-17-11-5-8-13-6-1-3-9-15(13)17/h1-11H,12H2. The number of rotatable bonds is 3. The molecule has 0 aromatic heterocycles. The Hall–Kier alpha value is -1.99. The van der Waals surface area contributed by atoms with E-state index < -0.39 is 0 Å². The van der Waals surface area contributed by atoms with Crippen LogP contribution in [0.1, 0.15) is 5.56 Å². The van der Waals surface area contributed by atoms with Crippen LogP contribution in [0.4, 0.5) is 0 Å². The first-order valence-electron chi connectivity index (χ1n) is 6.18. The highest BCUT2D eigenvalue weighted by Gasteiger charge is 2.03. The van der Waals surface area contributed by atoms with Crippen molar-refractivity contribution in [2.75, 3.05) is 0 Å². The molecule has 0 amide bonds. The van der Waals surface area contributed by atoms with E-state index in [2.05, 4.69) is 18.2 Å². The first kappa shape index (κ1) is 12.1. The molecule has 0 saturated heterocycles. The van der Waals surface area contributed by atoms with Gasteiger partial charge in [-0.1, -0.05) is 66.2 Å². The van der Waals surface area contributed by atoms with Crippen molar-refractivity contribution in [1.29, 1.82) is 0 Å². The summed E-state index contributed by atoms with van der Waals surface area (Å²) in [5, 5.41) is 3.04. The van der Waals surface area contributed by atoms with Crippen molar-refractivity contribution in [2.45, 2.75) is 6.61 Å². The Morgan fingerprint density at radius 1 is 0.789 bits per heavy atom. The summed E-state index contributed by atoms with van der Waals surface area (Å²) in [5.74, 6) is 0.887. The molecular weight excluding hydrogens is 256 g/mol. The lowest BCUT2D eigenvalue weighted by atomic mass is 10.1. The van der Waals surface area contributed by atoms with Gasteiger partial charge in [0.25, 0.3) is 0 Å². The van der Waals surface area contributed by atoms with Crippen LogP contribution in [0.2, 0.25) is 5.02 Å². The third kappa shape index (κ3) is 2.56. The summed E-state index contributed by atoms with van der Waals surface area (Å²) < 4.78 is 5.90. The second kappa shape index (κ2) is 5.33. The van der Waals surface area contributed by atoms with Crippen molar-refractivity contribution in [2.24, 2.45) is 0 Å². The van der Waals surface area contributed by atoms with Crippen molar-refractivity contribution in [3.05, 3.63) is 77.3 Å². The number of hydrogen-bond donors (Lipinski definition) is 0. The molecule has 0 heterocycles. The maximum atomic E-state index is 6.13. The normalized spacial score (nSPS) is 10.6. The molecule has 2 heteroatoms. The molecule has 94 valence electrons. The lowest BCUT2D eigenvalue weighted by Crippen LogP contribution is -1.96. The van der Waals surface area contributed by atoms with Gasteiger partial charge >= 0.3 is 0 Å². The van der Waals surface area contributed by atoms with E-state index in [1.54, 1.807) is 0 Å². The molecule has 3 aromatic carbocycles. The van der Waals surface area contributed by atoms with Gasteiger partial charge in [-0.25, -0.2) is 0 Å². The summed E-state index contributed by atoms with van der Waals surface area (Å²) in [6, 6.07) is 22.0. The van der Waals surface area contributed by atoms with E-state index in [-0.39, 0.29) is 0 Å². The molecule has 0 N–H and O–H groups in total. The van der Waals surface area contributed by atoms with E-state index in [4.69, 9.17) is 16.3 Å². The summed E-state index contributed by atoms with van der Waals surface area (Å²) in [6.45, 7) is 0.480. The minimum atomic E-state index is 0.480. The Balaban J connectivity index is 1.88. The maximum Gasteiger partial charge on any atom is 0.127 e. The molecule has 3 aromatic rings. The molecular formula is C17H13ClO. The second-order valence-corrected chi connectivity index (χ2v) is 4.76. The number of halogens is 1. The number of ether oxygens (including phenoxy) is 1. The molecule has 3 rings (SSSR count). The van der Waals surface area contributed by atoms with Crippen molar-refractivity contribution in [3.63, 3.8) is 0 Å². The quantitative estimate of drug-likeness (QED) is 0.644. The number of hydrogen-bond acceptors (Lipinski definition) is 1. The van der Waals surface area contributed by atoms with Gasteiger partial charge in [0.1, 0.15) is 12.4 Å². The predicted octanol–water partition coefficient (Wildman–Crippen LogP) is 5.07. The minimum absolute atomic E-state index is 0.480. The van der Waals surface area contributed by atoms with Crippen LogP contribution in [0.25, 0.3) is 10.8 Å². The Labute approximate surface area is 117 Å². The largest absolute Gasteiger partial charge is 0.488 e. The van der Waals surface area contributed by atoms with Crippen molar-refractivity contribution in [3.8, 4) is 5.75 Å². The molecule has 0 aliphatic rings. The van der Waals surface area contributed by atoms with Crippen LogP contribution in [0.15, 0.2) is 66.7 Å². The molecule has 0 atom stereocenters. The van der Waals surface area contributed by atoms with Gasteiger partial charge in [-0.3, -0.25) is 0 Å². The maximum absolute atomic E-state index is 6.13. The molecule has 0 saturated carbocycles. The Morgan fingerprint density at radius 3 is 2.42 bits per heavy atom. The summed E-state index contributed by atoms with van der Waals surface area (Å²) in [4.78, 5) is 0. The summed E-state index contributed by atoms with van der Waals surface area (Å²) >= 11 is 6.13. The van der Waals surface area contributed by atoms with Crippen LogP contribution in [-0.2, 0) is 6.61 Å². The van der Waals surface area contributed by atoms with Gasteiger partial charge < -0.3 is 4.74 Å². The molecule has 0 aliphatic carbocycles. The number of benzene rings is 3. The fraction of sp³-hybridized carbons (Fsp3) is 0.0588. The zero-order chi connectivity index (χ0) is 13.1. The molecule has 1 nitrogen and oxygen atoms in total. The highest BCUT2D eigenvalue weighted by molar-refractivity contribution is 6.31. The van der Waals surface area contributed by atoms with E-state index in [9.17, 15) is 0 Å². The van der Waals surface area contributed by atoms with Crippen LogP contribution < -0.4 is 4.74 Å². The van der Waals surface area contributed by atoms with Gasteiger partial charge in [-0.05, 0) is 17.5 Å². The second-order valence-electron chi connectivity index (χ2n) is 4.36. The van der Waals surface area contributed by atoms with E-state index >= 15 is 0 Å². The van der Waals surface area contributed by atoms with E-state index in [1.807, 2.05) is 48.5 Å². The zero-order valence-corrected chi connectivity index (χ0v) is 11.1. The molecule has 0 radical (unpaired) electrons.